The summed E-state index contributed by atoms with van der Waals surface area (Å²) < 4.78 is 40.2. The fourth-order valence-electron chi connectivity index (χ4n) is 3.60. The number of halogens is 4. The molecular weight excluding hydrogens is 521 g/mol. The predicted molar refractivity (Wildman–Crippen MR) is 140 cm³/mol. The van der Waals surface area contributed by atoms with E-state index in [2.05, 4.69) is 25.9 Å². The molecule has 0 saturated heterocycles. The first kappa shape index (κ1) is 26.7. The minimum Gasteiger partial charge on any atom is -0.399 e. The van der Waals surface area contributed by atoms with Gasteiger partial charge in [-0.05, 0) is 49.7 Å². The van der Waals surface area contributed by atoms with E-state index in [9.17, 15) is 22.8 Å². The van der Waals surface area contributed by atoms with Crippen LogP contribution in [0.25, 0.3) is 0 Å². The molecule has 1 unspecified atom stereocenters. The van der Waals surface area contributed by atoms with E-state index < -0.39 is 23.4 Å². The van der Waals surface area contributed by atoms with Gasteiger partial charge in [0.1, 0.15) is 0 Å². The molecule has 2 amide bonds. The highest BCUT2D eigenvalue weighted by Gasteiger charge is 2.49. The number of aromatic nitrogens is 2. The smallest absolute Gasteiger partial charge is 0.397 e. The van der Waals surface area contributed by atoms with Gasteiger partial charge in [0.15, 0.2) is 0 Å². The molecule has 1 aromatic heterocycles. The summed E-state index contributed by atoms with van der Waals surface area (Å²) in [5, 5.41) is 8.21. The van der Waals surface area contributed by atoms with Gasteiger partial charge in [-0.25, -0.2) is 9.97 Å². The fourth-order valence-corrected chi connectivity index (χ4v) is 3.80. The van der Waals surface area contributed by atoms with Crippen LogP contribution in [0.15, 0.2) is 78.7 Å². The Kier molecular flexibility index (Phi) is 7.40. The van der Waals surface area contributed by atoms with E-state index in [-0.39, 0.29) is 39.9 Å². The molecule has 0 saturated carbocycles. The number of nitrogens with zero attached hydrogens (tertiary/aromatic N) is 2. The van der Waals surface area contributed by atoms with Crippen LogP contribution in [-0.4, -0.2) is 28.0 Å². The molecule has 0 spiro atoms. The number of carbonyl (C=O) groups is 2. The maximum absolute atomic E-state index is 13.4. The zero-order valence-corrected chi connectivity index (χ0v) is 20.7. The van der Waals surface area contributed by atoms with Crippen molar-refractivity contribution < 1.29 is 22.8 Å². The number of nitrogen functional groups attached to an aromatic ring is 1. The third kappa shape index (κ3) is 6.12. The van der Waals surface area contributed by atoms with Crippen LogP contribution in [0.4, 0.5) is 41.9 Å². The van der Waals surface area contributed by atoms with Crippen molar-refractivity contribution in [3.63, 3.8) is 0 Å². The van der Waals surface area contributed by atoms with Gasteiger partial charge in [0.05, 0.1) is 34.1 Å². The number of rotatable bonds is 6. The molecule has 5 N–H and O–H groups in total. The molecule has 1 atom stereocenters. The highest BCUT2D eigenvalue weighted by molar-refractivity contribution is 6.34. The van der Waals surface area contributed by atoms with Crippen molar-refractivity contribution in [3.8, 4) is 0 Å². The molecule has 0 aliphatic heterocycles. The van der Waals surface area contributed by atoms with E-state index in [0.29, 0.717) is 11.4 Å². The number of benzene rings is 2. The van der Waals surface area contributed by atoms with E-state index >= 15 is 0 Å². The van der Waals surface area contributed by atoms with Crippen LogP contribution < -0.4 is 21.7 Å². The number of carbonyl (C=O) groups excluding carboxylic acids is 2. The van der Waals surface area contributed by atoms with Crippen molar-refractivity contribution in [3.05, 3.63) is 89.2 Å². The second-order valence-corrected chi connectivity index (χ2v) is 9.18. The molecule has 8 nitrogen and oxygen atoms in total. The maximum Gasteiger partial charge on any atom is 0.397 e. The average Bonchev–Trinajstić information content (AvgIpc) is 2.86. The van der Waals surface area contributed by atoms with Crippen molar-refractivity contribution in [1.82, 2.24) is 9.97 Å². The Bertz CT molecular complexity index is 1440. The molecule has 12 heteroatoms. The quantitative estimate of drug-likeness (QED) is 0.279. The lowest BCUT2D eigenvalue weighted by molar-refractivity contribution is -0.199. The molecular formula is C26H22ClF3N6O2. The predicted octanol–water partition coefficient (Wildman–Crippen LogP) is 6.10. The summed E-state index contributed by atoms with van der Waals surface area (Å²) in [4.78, 5) is 33.8. The fraction of sp³-hybridized carbons (Fsp3) is 0.154. The Hall–Kier alpha value is -4.38. The number of allylic oxidation sites excluding steroid dienone is 2. The Morgan fingerprint density at radius 2 is 1.71 bits per heavy atom. The summed E-state index contributed by atoms with van der Waals surface area (Å²) in [6.45, 7) is 1.03. The number of hydrogen-bond acceptors (Lipinski definition) is 6. The van der Waals surface area contributed by atoms with Crippen molar-refractivity contribution in [1.29, 1.82) is 0 Å². The van der Waals surface area contributed by atoms with Crippen LogP contribution in [0.2, 0.25) is 5.02 Å². The monoisotopic (exact) mass is 542 g/mol. The normalized spacial score (nSPS) is 16.9. The molecule has 1 aliphatic rings. The molecule has 1 aliphatic carbocycles. The van der Waals surface area contributed by atoms with Crippen LogP contribution >= 0.6 is 11.6 Å². The summed E-state index contributed by atoms with van der Waals surface area (Å²) in [6, 6.07) is 11.2. The second kappa shape index (κ2) is 10.5. The molecule has 3 aromatic rings. The molecule has 0 radical (unpaired) electrons. The molecule has 0 bridgehead atoms. The lowest BCUT2D eigenvalue weighted by atomic mass is 9.80. The van der Waals surface area contributed by atoms with Gasteiger partial charge in [-0.15, -0.1) is 0 Å². The van der Waals surface area contributed by atoms with Crippen molar-refractivity contribution in [2.75, 3.05) is 21.7 Å². The van der Waals surface area contributed by atoms with E-state index in [4.69, 9.17) is 17.3 Å². The molecule has 38 heavy (non-hydrogen) atoms. The van der Waals surface area contributed by atoms with E-state index in [1.165, 1.54) is 42.7 Å². The minimum atomic E-state index is -4.51. The summed E-state index contributed by atoms with van der Waals surface area (Å²) in [6.07, 6.45) is 1.54. The Morgan fingerprint density at radius 3 is 2.39 bits per heavy atom. The van der Waals surface area contributed by atoms with Gasteiger partial charge in [0.2, 0.25) is 5.95 Å². The first-order valence-corrected chi connectivity index (χ1v) is 11.6. The summed E-state index contributed by atoms with van der Waals surface area (Å²) in [7, 11) is 0. The van der Waals surface area contributed by atoms with Crippen LogP contribution in [-0.2, 0) is 4.79 Å². The van der Waals surface area contributed by atoms with Crippen LogP contribution in [0.1, 0.15) is 23.7 Å². The standard InChI is InChI=1S/C26H22ClF3N6O2/c1-25(26(28,29)30)9-3-4-15(12-25)22(37)34-18-7-8-21(27)20(11-18)23(38)35-19-13-32-24(33-14-19)36-17-6-2-5-16(31)10-17/h2-8,10-14H,9,31H2,1H3,(H,34,37)(H,35,38)(H,32,33,36). The molecule has 4 rings (SSSR count). The number of anilines is 5. The molecule has 1 heterocycles. The van der Waals surface area contributed by atoms with Gasteiger partial charge in [-0.3, -0.25) is 9.59 Å². The third-order valence-corrected chi connectivity index (χ3v) is 6.07. The Labute approximate surface area is 220 Å². The summed E-state index contributed by atoms with van der Waals surface area (Å²) >= 11 is 6.19. The third-order valence-electron chi connectivity index (χ3n) is 5.74. The number of alkyl halides is 3. The highest BCUT2D eigenvalue weighted by atomic mass is 35.5. The SMILES string of the molecule is CC1(C(F)(F)F)C=C(C(=O)Nc2ccc(Cl)c(C(=O)Nc3cnc(Nc4cccc(N)c4)nc3)c2)C=CC1. The number of nitrogens with two attached hydrogens (primary N) is 1. The first-order chi connectivity index (χ1) is 17.9. The molecule has 0 fully saturated rings. The summed E-state index contributed by atoms with van der Waals surface area (Å²) in [5.41, 5.74) is 5.21. The van der Waals surface area contributed by atoms with Gasteiger partial charge in [-0.2, -0.15) is 13.2 Å². The highest BCUT2D eigenvalue weighted by Crippen LogP contribution is 2.45. The largest absolute Gasteiger partial charge is 0.399 e. The topological polar surface area (TPSA) is 122 Å². The summed E-state index contributed by atoms with van der Waals surface area (Å²) in [5.74, 6) is -1.07. The molecule has 196 valence electrons. The molecule has 2 aromatic carbocycles. The van der Waals surface area contributed by atoms with Crippen molar-refractivity contribution in [2.45, 2.75) is 19.5 Å². The van der Waals surface area contributed by atoms with Crippen LogP contribution in [0.5, 0.6) is 0 Å². The number of nitrogens with one attached hydrogen (secondary N) is 3. The van der Waals surface area contributed by atoms with Gasteiger partial charge in [0, 0.05) is 22.6 Å². The van der Waals surface area contributed by atoms with Crippen molar-refractivity contribution in [2.24, 2.45) is 5.41 Å². The number of hydrogen-bond donors (Lipinski definition) is 4. The zero-order chi connectivity index (χ0) is 27.5. The van der Waals surface area contributed by atoms with Gasteiger partial charge >= 0.3 is 6.18 Å². The Balaban J connectivity index is 1.44. The van der Waals surface area contributed by atoms with Gasteiger partial charge in [0.25, 0.3) is 11.8 Å². The second-order valence-electron chi connectivity index (χ2n) is 8.77. The van der Waals surface area contributed by atoms with Gasteiger partial charge < -0.3 is 21.7 Å². The Morgan fingerprint density at radius 1 is 1.00 bits per heavy atom. The lowest BCUT2D eigenvalue weighted by Crippen LogP contribution is -2.35. The van der Waals surface area contributed by atoms with Crippen LogP contribution in [0.3, 0.4) is 0 Å². The lowest BCUT2D eigenvalue weighted by Gasteiger charge is -2.30. The maximum atomic E-state index is 13.4. The first-order valence-electron chi connectivity index (χ1n) is 11.3. The van der Waals surface area contributed by atoms with E-state index in [0.717, 1.165) is 13.0 Å². The average molecular weight is 543 g/mol. The van der Waals surface area contributed by atoms with E-state index in [1.54, 1.807) is 24.3 Å². The van der Waals surface area contributed by atoms with Gasteiger partial charge in [-0.1, -0.05) is 35.9 Å². The minimum absolute atomic E-state index is 0.0275. The number of amides is 2. The van der Waals surface area contributed by atoms with Crippen LogP contribution in [0, 0.1) is 5.41 Å². The zero-order valence-electron chi connectivity index (χ0n) is 19.9. The van der Waals surface area contributed by atoms with E-state index in [1.807, 2.05) is 0 Å². The van der Waals surface area contributed by atoms with Crippen molar-refractivity contribution >= 4 is 52.1 Å².